The van der Waals surface area contributed by atoms with Crippen molar-refractivity contribution in [3.05, 3.63) is 0 Å². The third-order valence-corrected chi connectivity index (χ3v) is 4.45. The molecule has 0 spiro atoms. The molecule has 1 aliphatic rings. The summed E-state index contributed by atoms with van der Waals surface area (Å²) in [6.45, 7) is 13.1. The number of alkyl halides is 1. The van der Waals surface area contributed by atoms with E-state index >= 15 is 0 Å². The molecule has 0 saturated carbocycles. The highest BCUT2D eigenvalue weighted by Crippen LogP contribution is 2.46. The lowest BCUT2D eigenvalue weighted by molar-refractivity contribution is -0.0757. The second-order valence-corrected chi connectivity index (χ2v) is 6.61. The molecule has 0 aromatic rings. The zero-order valence-corrected chi connectivity index (χ0v) is 11.7. The number of ether oxygens (including phenoxy) is 1. The Labute approximate surface area is 99.5 Å². The van der Waals surface area contributed by atoms with Gasteiger partial charge in [0.25, 0.3) is 0 Å². The summed E-state index contributed by atoms with van der Waals surface area (Å²) in [6.07, 6.45) is 2.21. The van der Waals surface area contributed by atoms with Gasteiger partial charge in [0, 0.05) is 11.3 Å². The molecule has 3 unspecified atom stereocenters. The molecule has 1 saturated heterocycles. The highest BCUT2D eigenvalue weighted by Gasteiger charge is 2.49. The van der Waals surface area contributed by atoms with Crippen LogP contribution >= 0.6 is 11.6 Å². The lowest BCUT2D eigenvalue weighted by Crippen LogP contribution is -2.36. The molecule has 1 aliphatic heterocycles. The van der Waals surface area contributed by atoms with Gasteiger partial charge in [0.15, 0.2) is 0 Å². The molecule has 1 heterocycles. The molecular weight excluding hydrogens is 208 g/mol. The maximum Gasteiger partial charge on any atom is 0.0677 e. The number of halogens is 1. The van der Waals surface area contributed by atoms with Crippen LogP contribution in [0.5, 0.6) is 0 Å². The fraction of sp³-hybridized carbons (Fsp3) is 1.00. The van der Waals surface area contributed by atoms with Crippen molar-refractivity contribution in [2.24, 2.45) is 11.8 Å². The fourth-order valence-corrected chi connectivity index (χ4v) is 3.29. The first-order chi connectivity index (χ1) is 6.69. The van der Waals surface area contributed by atoms with Crippen LogP contribution in [0.25, 0.3) is 0 Å². The van der Waals surface area contributed by atoms with Crippen LogP contribution in [0.1, 0.15) is 54.4 Å². The van der Waals surface area contributed by atoms with Gasteiger partial charge in [-0.1, -0.05) is 20.3 Å². The van der Waals surface area contributed by atoms with Crippen molar-refractivity contribution in [2.45, 2.75) is 71.0 Å². The monoisotopic (exact) mass is 232 g/mol. The second-order valence-electron chi connectivity index (χ2n) is 6.11. The van der Waals surface area contributed by atoms with Crippen molar-refractivity contribution in [1.29, 1.82) is 0 Å². The molecule has 15 heavy (non-hydrogen) atoms. The van der Waals surface area contributed by atoms with Gasteiger partial charge in [-0.25, -0.2) is 0 Å². The molecule has 1 nitrogen and oxygen atoms in total. The van der Waals surface area contributed by atoms with Crippen LogP contribution in [0.15, 0.2) is 0 Å². The van der Waals surface area contributed by atoms with Crippen LogP contribution in [0.2, 0.25) is 0 Å². The molecule has 0 bridgehead atoms. The molecule has 2 heteroatoms. The molecule has 0 aromatic carbocycles. The Morgan fingerprint density at radius 2 is 1.87 bits per heavy atom. The van der Waals surface area contributed by atoms with Crippen LogP contribution < -0.4 is 0 Å². The minimum absolute atomic E-state index is 0.0191. The van der Waals surface area contributed by atoms with Gasteiger partial charge in [0.1, 0.15) is 0 Å². The summed E-state index contributed by atoms with van der Waals surface area (Å²) >= 11 is 6.57. The van der Waals surface area contributed by atoms with E-state index in [0.717, 1.165) is 12.8 Å². The van der Waals surface area contributed by atoms with E-state index in [1.54, 1.807) is 0 Å². The van der Waals surface area contributed by atoms with E-state index in [1.165, 1.54) is 0 Å². The molecule has 0 N–H and O–H groups in total. The van der Waals surface area contributed by atoms with E-state index in [2.05, 4.69) is 41.5 Å². The van der Waals surface area contributed by atoms with Crippen LogP contribution in [-0.4, -0.2) is 16.6 Å². The topological polar surface area (TPSA) is 9.23 Å². The zero-order valence-electron chi connectivity index (χ0n) is 10.9. The van der Waals surface area contributed by atoms with E-state index < -0.39 is 0 Å². The number of hydrogen-bond donors (Lipinski definition) is 0. The van der Waals surface area contributed by atoms with Gasteiger partial charge in [0.2, 0.25) is 0 Å². The lowest BCUT2D eigenvalue weighted by atomic mass is 9.80. The van der Waals surface area contributed by atoms with E-state index in [4.69, 9.17) is 16.3 Å². The summed E-state index contributed by atoms with van der Waals surface area (Å²) in [5, 5.41) is 0.228. The summed E-state index contributed by atoms with van der Waals surface area (Å²) in [6, 6.07) is 0. The van der Waals surface area contributed by atoms with Crippen LogP contribution in [0.3, 0.4) is 0 Å². The molecule has 1 fully saturated rings. The minimum Gasteiger partial charge on any atom is -0.369 e. The van der Waals surface area contributed by atoms with Crippen molar-refractivity contribution in [1.82, 2.24) is 0 Å². The van der Waals surface area contributed by atoms with Gasteiger partial charge >= 0.3 is 0 Å². The molecule has 90 valence electrons. The SMILES string of the molecule is CCC(C)C(Cl)C1CC(C)(C)OC1(C)C. The average molecular weight is 233 g/mol. The Kier molecular flexibility index (Phi) is 3.78. The van der Waals surface area contributed by atoms with Crippen molar-refractivity contribution in [3.63, 3.8) is 0 Å². The van der Waals surface area contributed by atoms with Crippen LogP contribution in [-0.2, 0) is 4.74 Å². The molecule has 0 amide bonds. The van der Waals surface area contributed by atoms with Crippen molar-refractivity contribution in [3.8, 4) is 0 Å². The van der Waals surface area contributed by atoms with E-state index in [0.29, 0.717) is 11.8 Å². The highest BCUT2D eigenvalue weighted by molar-refractivity contribution is 6.21. The highest BCUT2D eigenvalue weighted by atomic mass is 35.5. The van der Waals surface area contributed by atoms with Gasteiger partial charge in [-0.05, 0) is 40.0 Å². The molecular formula is C13H25ClO. The first-order valence-electron chi connectivity index (χ1n) is 6.04. The maximum atomic E-state index is 6.57. The Hall–Kier alpha value is 0.250. The Morgan fingerprint density at radius 3 is 2.20 bits per heavy atom. The van der Waals surface area contributed by atoms with Gasteiger partial charge in [-0.2, -0.15) is 0 Å². The van der Waals surface area contributed by atoms with Crippen LogP contribution in [0.4, 0.5) is 0 Å². The summed E-state index contributed by atoms with van der Waals surface area (Å²) in [5.74, 6) is 1.03. The van der Waals surface area contributed by atoms with E-state index in [9.17, 15) is 0 Å². The normalized spacial score (nSPS) is 32.6. The largest absolute Gasteiger partial charge is 0.369 e. The predicted octanol–water partition coefficient (Wildman–Crippen LogP) is 4.23. The zero-order chi connectivity index (χ0) is 11.9. The summed E-state index contributed by atoms with van der Waals surface area (Å²) in [5.41, 5.74) is -0.103. The van der Waals surface area contributed by atoms with E-state index in [-0.39, 0.29) is 16.6 Å². The first-order valence-corrected chi connectivity index (χ1v) is 6.47. The molecule has 0 radical (unpaired) electrons. The minimum atomic E-state index is -0.0840. The quantitative estimate of drug-likeness (QED) is 0.662. The predicted molar refractivity (Wildman–Crippen MR) is 66.4 cm³/mol. The fourth-order valence-electron chi connectivity index (χ4n) is 2.72. The third kappa shape index (κ3) is 2.88. The van der Waals surface area contributed by atoms with Gasteiger partial charge in [0.05, 0.1) is 11.2 Å². The molecule has 0 aliphatic carbocycles. The average Bonchev–Trinajstić information content (AvgIpc) is 2.31. The van der Waals surface area contributed by atoms with Crippen molar-refractivity contribution >= 4 is 11.6 Å². The summed E-state index contributed by atoms with van der Waals surface area (Å²) < 4.78 is 6.08. The molecule has 1 rings (SSSR count). The smallest absolute Gasteiger partial charge is 0.0677 e. The Morgan fingerprint density at radius 1 is 1.33 bits per heavy atom. The number of rotatable bonds is 3. The number of hydrogen-bond acceptors (Lipinski definition) is 1. The maximum absolute atomic E-state index is 6.57. The van der Waals surface area contributed by atoms with Gasteiger partial charge in [-0.3, -0.25) is 0 Å². The third-order valence-electron chi connectivity index (χ3n) is 3.72. The van der Waals surface area contributed by atoms with Crippen molar-refractivity contribution in [2.75, 3.05) is 0 Å². The summed E-state index contributed by atoms with van der Waals surface area (Å²) in [4.78, 5) is 0. The molecule has 0 aromatic heterocycles. The van der Waals surface area contributed by atoms with Crippen molar-refractivity contribution < 1.29 is 4.74 Å². The standard InChI is InChI=1S/C13H25ClO/c1-7-9(2)11(14)10-8-12(3,4)15-13(10,5)6/h9-11H,7-8H2,1-6H3. The molecule has 3 atom stereocenters. The first kappa shape index (κ1) is 13.3. The second kappa shape index (κ2) is 4.25. The van der Waals surface area contributed by atoms with E-state index in [1.807, 2.05) is 0 Å². The Bertz CT molecular complexity index is 223. The lowest BCUT2D eigenvalue weighted by Gasteiger charge is -2.32. The van der Waals surface area contributed by atoms with Gasteiger partial charge < -0.3 is 4.74 Å². The Balaban J connectivity index is 2.78. The van der Waals surface area contributed by atoms with Gasteiger partial charge in [-0.15, -0.1) is 11.6 Å². The summed E-state index contributed by atoms with van der Waals surface area (Å²) in [7, 11) is 0. The van der Waals surface area contributed by atoms with Crippen LogP contribution in [0, 0.1) is 11.8 Å².